The van der Waals surface area contributed by atoms with Crippen LogP contribution in [0.3, 0.4) is 0 Å². The first-order valence-corrected chi connectivity index (χ1v) is 11.7. The van der Waals surface area contributed by atoms with Gasteiger partial charge in [-0.25, -0.2) is 4.79 Å². The van der Waals surface area contributed by atoms with Crippen LogP contribution in [0.1, 0.15) is 57.9 Å². The van der Waals surface area contributed by atoms with Gasteiger partial charge in [-0.05, 0) is 64.0 Å². The smallest absolute Gasteiger partial charge is 0.410 e. The van der Waals surface area contributed by atoms with Gasteiger partial charge in [0.25, 0.3) is 0 Å². The predicted octanol–water partition coefficient (Wildman–Crippen LogP) is 3.68. The Labute approximate surface area is 186 Å². The number of amides is 1. The standard InChI is InChI=1S/C24H38N4O3/c1-24(2,3)31-23(29)28-13-11-26(12-14-28)18-7-9-27(10-8-18)21-16-22(30-4)20(25)15-19(21)17-5-6-17/h15-18H,5-14,25H2,1-4H3. The van der Waals surface area contributed by atoms with Crippen LogP contribution >= 0.6 is 0 Å². The van der Waals surface area contributed by atoms with Crippen molar-refractivity contribution in [2.24, 2.45) is 0 Å². The van der Waals surface area contributed by atoms with Crippen LogP contribution < -0.4 is 15.4 Å². The van der Waals surface area contributed by atoms with Crippen LogP contribution in [0.2, 0.25) is 0 Å². The minimum absolute atomic E-state index is 0.188. The average Bonchev–Trinajstić information content (AvgIpc) is 3.58. The highest BCUT2D eigenvalue weighted by atomic mass is 16.6. The summed E-state index contributed by atoms with van der Waals surface area (Å²) in [5.74, 6) is 1.43. The van der Waals surface area contributed by atoms with E-state index < -0.39 is 5.60 Å². The molecular weight excluding hydrogens is 392 g/mol. The summed E-state index contributed by atoms with van der Waals surface area (Å²) in [6.07, 6.45) is 4.62. The molecule has 2 heterocycles. The van der Waals surface area contributed by atoms with Gasteiger partial charge in [0.1, 0.15) is 11.4 Å². The van der Waals surface area contributed by atoms with Crippen molar-refractivity contribution >= 4 is 17.5 Å². The van der Waals surface area contributed by atoms with Gasteiger partial charge in [0.05, 0.1) is 12.8 Å². The van der Waals surface area contributed by atoms with Crippen molar-refractivity contribution in [1.82, 2.24) is 9.80 Å². The molecule has 1 aliphatic carbocycles. The van der Waals surface area contributed by atoms with Gasteiger partial charge < -0.3 is 25.0 Å². The number of methoxy groups -OCH3 is 1. The monoisotopic (exact) mass is 430 g/mol. The summed E-state index contributed by atoms with van der Waals surface area (Å²) >= 11 is 0. The number of piperazine rings is 1. The van der Waals surface area contributed by atoms with Gasteiger partial charge in [-0.1, -0.05) is 0 Å². The van der Waals surface area contributed by atoms with E-state index >= 15 is 0 Å². The molecule has 3 fully saturated rings. The zero-order valence-corrected chi connectivity index (χ0v) is 19.5. The largest absolute Gasteiger partial charge is 0.495 e. The quantitative estimate of drug-likeness (QED) is 0.735. The number of rotatable bonds is 4. The summed E-state index contributed by atoms with van der Waals surface area (Å²) in [4.78, 5) is 19.2. The van der Waals surface area contributed by atoms with E-state index in [4.69, 9.17) is 15.2 Å². The molecule has 1 amide bonds. The summed E-state index contributed by atoms with van der Waals surface area (Å²) in [6.45, 7) is 11.2. The molecule has 0 bridgehead atoms. The second-order valence-corrected chi connectivity index (χ2v) is 10.1. The summed E-state index contributed by atoms with van der Waals surface area (Å²) < 4.78 is 11.0. The molecule has 0 aromatic heterocycles. The van der Waals surface area contributed by atoms with E-state index in [1.807, 2.05) is 25.7 Å². The number of nitrogens with two attached hydrogens (primary N) is 1. The van der Waals surface area contributed by atoms with Gasteiger partial charge in [0.2, 0.25) is 0 Å². The second kappa shape index (κ2) is 8.77. The molecular formula is C24H38N4O3. The number of carbonyl (C=O) groups excluding carboxylic acids is 1. The molecule has 2 saturated heterocycles. The summed E-state index contributed by atoms with van der Waals surface area (Å²) in [6, 6.07) is 4.86. The number of anilines is 2. The molecule has 7 heteroatoms. The molecule has 2 aliphatic heterocycles. The molecule has 2 N–H and O–H groups in total. The van der Waals surface area contributed by atoms with Crippen LogP contribution in [-0.4, -0.2) is 73.9 Å². The lowest BCUT2D eigenvalue weighted by Gasteiger charge is -2.43. The van der Waals surface area contributed by atoms with Gasteiger partial charge in [-0.3, -0.25) is 4.90 Å². The number of piperidine rings is 1. The minimum Gasteiger partial charge on any atom is -0.495 e. The van der Waals surface area contributed by atoms with Crippen molar-refractivity contribution in [1.29, 1.82) is 0 Å². The van der Waals surface area contributed by atoms with Crippen LogP contribution in [0, 0.1) is 0 Å². The molecule has 1 saturated carbocycles. The van der Waals surface area contributed by atoms with Crippen molar-refractivity contribution in [3.05, 3.63) is 17.7 Å². The van der Waals surface area contributed by atoms with E-state index in [1.54, 1.807) is 7.11 Å². The Hall–Kier alpha value is -2.15. The fraction of sp³-hybridized carbons (Fsp3) is 0.708. The van der Waals surface area contributed by atoms with Crippen molar-refractivity contribution in [2.45, 2.75) is 64.0 Å². The Morgan fingerprint density at radius 2 is 1.65 bits per heavy atom. The highest BCUT2D eigenvalue weighted by Gasteiger charge is 2.33. The Morgan fingerprint density at radius 3 is 2.19 bits per heavy atom. The third-order valence-corrected chi connectivity index (χ3v) is 6.68. The lowest BCUT2D eigenvalue weighted by Crippen LogP contribution is -2.55. The molecule has 1 aromatic carbocycles. The molecule has 7 nitrogen and oxygen atoms in total. The lowest BCUT2D eigenvalue weighted by atomic mass is 9.99. The van der Waals surface area contributed by atoms with Gasteiger partial charge in [0, 0.05) is 57.1 Å². The number of benzene rings is 1. The number of carbonyl (C=O) groups is 1. The fourth-order valence-electron chi connectivity index (χ4n) is 4.84. The highest BCUT2D eigenvalue weighted by molar-refractivity contribution is 5.69. The normalized spacial score (nSPS) is 21.3. The molecule has 0 radical (unpaired) electrons. The third-order valence-electron chi connectivity index (χ3n) is 6.68. The van der Waals surface area contributed by atoms with E-state index in [0.717, 1.165) is 63.5 Å². The van der Waals surface area contributed by atoms with Crippen LogP contribution in [-0.2, 0) is 4.74 Å². The number of hydrogen-bond donors (Lipinski definition) is 1. The Morgan fingerprint density at radius 1 is 1.00 bits per heavy atom. The van der Waals surface area contributed by atoms with E-state index in [2.05, 4.69) is 21.9 Å². The zero-order chi connectivity index (χ0) is 22.2. The first-order chi connectivity index (χ1) is 14.7. The summed E-state index contributed by atoms with van der Waals surface area (Å²) in [5.41, 5.74) is 9.20. The number of hydrogen-bond acceptors (Lipinski definition) is 6. The summed E-state index contributed by atoms with van der Waals surface area (Å²) in [5, 5.41) is 0. The molecule has 1 aromatic rings. The van der Waals surface area contributed by atoms with Crippen LogP contribution in [0.15, 0.2) is 12.1 Å². The Kier molecular flexibility index (Phi) is 6.24. The first-order valence-electron chi connectivity index (χ1n) is 11.7. The van der Waals surface area contributed by atoms with Crippen molar-refractivity contribution in [3.63, 3.8) is 0 Å². The first kappa shape index (κ1) is 22.1. The molecule has 0 spiro atoms. The maximum absolute atomic E-state index is 12.3. The SMILES string of the molecule is COc1cc(N2CCC(N3CCN(C(=O)OC(C)(C)C)CC3)CC2)c(C2CC2)cc1N. The Bertz CT molecular complexity index is 787. The predicted molar refractivity (Wildman–Crippen MR) is 124 cm³/mol. The van der Waals surface area contributed by atoms with Crippen LogP contribution in [0.25, 0.3) is 0 Å². The van der Waals surface area contributed by atoms with E-state index in [0.29, 0.717) is 12.0 Å². The van der Waals surface area contributed by atoms with Gasteiger partial charge in [-0.15, -0.1) is 0 Å². The molecule has 172 valence electrons. The van der Waals surface area contributed by atoms with Crippen molar-refractivity contribution in [2.75, 3.05) is 57.0 Å². The molecule has 3 aliphatic rings. The van der Waals surface area contributed by atoms with Crippen LogP contribution in [0.5, 0.6) is 5.75 Å². The molecule has 31 heavy (non-hydrogen) atoms. The topological polar surface area (TPSA) is 71.3 Å². The van der Waals surface area contributed by atoms with E-state index in [1.165, 1.54) is 24.1 Å². The zero-order valence-electron chi connectivity index (χ0n) is 19.5. The number of nitrogen functional groups attached to an aromatic ring is 1. The maximum atomic E-state index is 12.3. The summed E-state index contributed by atoms with van der Waals surface area (Å²) in [7, 11) is 1.69. The van der Waals surface area contributed by atoms with Crippen molar-refractivity contribution in [3.8, 4) is 5.75 Å². The molecule has 0 atom stereocenters. The van der Waals surface area contributed by atoms with Gasteiger partial charge >= 0.3 is 6.09 Å². The average molecular weight is 431 g/mol. The second-order valence-electron chi connectivity index (χ2n) is 10.1. The van der Waals surface area contributed by atoms with Crippen LogP contribution in [0.4, 0.5) is 16.2 Å². The number of ether oxygens (including phenoxy) is 2. The fourth-order valence-corrected chi connectivity index (χ4v) is 4.84. The lowest BCUT2D eigenvalue weighted by molar-refractivity contribution is 0.00902. The Balaban J connectivity index is 1.32. The third kappa shape index (κ3) is 5.20. The van der Waals surface area contributed by atoms with Gasteiger partial charge in [-0.2, -0.15) is 0 Å². The maximum Gasteiger partial charge on any atom is 0.410 e. The molecule has 0 unspecified atom stereocenters. The van der Waals surface area contributed by atoms with E-state index in [9.17, 15) is 4.79 Å². The minimum atomic E-state index is -0.439. The molecule has 4 rings (SSSR count). The van der Waals surface area contributed by atoms with E-state index in [-0.39, 0.29) is 6.09 Å². The van der Waals surface area contributed by atoms with Gasteiger partial charge in [0.15, 0.2) is 0 Å². The highest BCUT2D eigenvalue weighted by Crippen LogP contribution is 2.47. The van der Waals surface area contributed by atoms with Crippen molar-refractivity contribution < 1.29 is 14.3 Å². The number of nitrogens with zero attached hydrogens (tertiary/aromatic N) is 3.